The monoisotopic (exact) mass is 701 g/mol. The van der Waals surface area contributed by atoms with E-state index in [1.807, 2.05) is 48.7 Å². The number of allylic oxidation sites excluding steroid dienone is 16. The van der Waals surface area contributed by atoms with E-state index in [-0.39, 0.29) is 17.9 Å². The zero-order valence-corrected chi connectivity index (χ0v) is 30.9. The highest BCUT2D eigenvalue weighted by molar-refractivity contribution is 6.01. The summed E-state index contributed by atoms with van der Waals surface area (Å²) in [5, 5.41) is 3.80. The molecule has 0 spiro atoms. The third-order valence-corrected chi connectivity index (χ3v) is 10.8. The van der Waals surface area contributed by atoms with Gasteiger partial charge in [-0.15, -0.1) is 13.2 Å². The molecule has 0 radical (unpaired) electrons. The molecule has 0 saturated carbocycles. The maximum Gasteiger partial charge on any atom is 0.130 e. The number of hydrogen-bond donors (Lipinski definition) is 1. The Kier molecular flexibility index (Phi) is 11.1. The summed E-state index contributed by atoms with van der Waals surface area (Å²) in [5.74, 6) is 1.20. The van der Waals surface area contributed by atoms with Gasteiger partial charge in [-0.3, -0.25) is 4.98 Å². The van der Waals surface area contributed by atoms with Gasteiger partial charge in [0.25, 0.3) is 0 Å². The molecule has 0 fully saturated rings. The van der Waals surface area contributed by atoms with E-state index in [4.69, 9.17) is 4.99 Å². The average Bonchev–Trinajstić information content (AvgIpc) is 3.23. The summed E-state index contributed by atoms with van der Waals surface area (Å²) in [6.45, 7) is 20.9. The van der Waals surface area contributed by atoms with Crippen molar-refractivity contribution >= 4 is 11.9 Å². The maximum atomic E-state index is 5.26. The highest BCUT2D eigenvalue weighted by Gasteiger charge is 2.34. The fraction of sp³-hybridized carbons (Fsp3) is 0.137. The van der Waals surface area contributed by atoms with Crippen molar-refractivity contribution < 1.29 is 0 Å². The van der Waals surface area contributed by atoms with Crippen molar-refractivity contribution in [3.8, 4) is 11.1 Å². The summed E-state index contributed by atoms with van der Waals surface area (Å²) in [5.41, 5.74) is 15.4. The molecule has 4 aliphatic rings. The van der Waals surface area contributed by atoms with Gasteiger partial charge in [0.1, 0.15) is 5.84 Å². The average molecular weight is 702 g/mol. The van der Waals surface area contributed by atoms with Gasteiger partial charge in [-0.05, 0) is 105 Å². The number of pyridine rings is 1. The molecule has 2 aromatic carbocycles. The molecule has 54 heavy (non-hydrogen) atoms. The van der Waals surface area contributed by atoms with Crippen molar-refractivity contribution in [2.75, 3.05) is 0 Å². The lowest BCUT2D eigenvalue weighted by atomic mass is 9.66. The smallest absolute Gasteiger partial charge is 0.130 e. The van der Waals surface area contributed by atoms with Crippen LogP contribution >= 0.6 is 0 Å². The van der Waals surface area contributed by atoms with E-state index in [9.17, 15) is 0 Å². The minimum Gasteiger partial charge on any atom is -0.359 e. The number of benzene rings is 2. The summed E-state index contributed by atoms with van der Waals surface area (Å²) in [6, 6.07) is 23.3. The molecular formula is C51H47N3. The molecule has 0 amide bonds. The lowest BCUT2D eigenvalue weighted by Crippen LogP contribution is -2.32. The van der Waals surface area contributed by atoms with Crippen LogP contribution in [0.5, 0.6) is 0 Å². The Morgan fingerprint density at radius 3 is 2.19 bits per heavy atom. The maximum absolute atomic E-state index is 5.26. The van der Waals surface area contributed by atoms with Gasteiger partial charge in [0.05, 0.1) is 11.7 Å². The summed E-state index contributed by atoms with van der Waals surface area (Å²) in [7, 11) is 0. The van der Waals surface area contributed by atoms with Crippen LogP contribution in [0.1, 0.15) is 42.9 Å². The van der Waals surface area contributed by atoms with E-state index in [1.54, 1.807) is 6.20 Å². The molecule has 3 aliphatic carbocycles. The van der Waals surface area contributed by atoms with Gasteiger partial charge in [0, 0.05) is 24.2 Å². The van der Waals surface area contributed by atoms with E-state index < -0.39 is 0 Å². The van der Waals surface area contributed by atoms with Crippen molar-refractivity contribution in [3.63, 3.8) is 0 Å². The number of aliphatic imine (C=N–C) groups is 1. The third kappa shape index (κ3) is 7.58. The van der Waals surface area contributed by atoms with Crippen LogP contribution in [0.2, 0.25) is 0 Å². The predicted octanol–water partition coefficient (Wildman–Crippen LogP) is 12.5. The first-order chi connectivity index (χ1) is 26.5. The fourth-order valence-corrected chi connectivity index (χ4v) is 7.95. The largest absolute Gasteiger partial charge is 0.359 e. The molecule has 266 valence electrons. The van der Waals surface area contributed by atoms with Gasteiger partial charge in [-0.2, -0.15) is 0 Å². The van der Waals surface area contributed by atoms with Crippen LogP contribution in [0.4, 0.5) is 0 Å². The molecular weight excluding hydrogens is 655 g/mol. The normalized spacial score (nSPS) is 22.3. The fourth-order valence-electron chi connectivity index (χ4n) is 7.95. The van der Waals surface area contributed by atoms with Gasteiger partial charge in [0.15, 0.2) is 0 Å². The number of hydrogen-bond acceptors (Lipinski definition) is 3. The third-order valence-electron chi connectivity index (χ3n) is 10.8. The number of nitrogens with zero attached hydrogens (tertiary/aromatic N) is 2. The minimum absolute atomic E-state index is 0.0666. The van der Waals surface area contributed by atoms with Gasteiger partial charge >= 0.3 is 0 Å². The molecule has 1 N–H and O–H groups in total. The molecule has 3 aromatic rings. The number of rotatable bonds is 11. The number of aromatic nitrogens is 1. The van der Waals surface area contributed by atoms with Crippen LogP contribution in [-0.2, 0) is 0 Å². The van der Waals surface area contributed by atoms with Crippen molar-refractivity contribution in [1.29, 1.82) is 0 Å². The molecule has 1 aromatic heterocycles. The molecule has 0 saturated heterocycles. The van der Waals surface area contributed by atoms with Crippen molar-refractivity contribution in [1.82, 2.24) is 10.3 Å². The highest BCUT2D eigenvalue weighted by atomic mass is 15.1. The van der Waals surface area contributed by atoms with E-state index in [0.29, 0.717) is 0 Å². The van der Waals surface area contributed by atoms with E-state index in [2.05, 4.69) is 140 Å². The Hall–Kier alpha value is -6.32. The summed E-state index contributed by atoms with van der Waals surface area (Å²) >= 11 is 0. The molecule has 3 unspecified atom stereocenters. The van der Waals surface area contributed by atoms with Gasteiger partial charge in [-0.25, -0.2) is 4.99 Å². The quantitative estimate of drug-likeness (QED) is 0.160. The summed E-state index contributed by atoms with van der Waals surface area (Å²) in [4.78, 5) is 9.54. The SMILES string of the molecule is C=C/C=C1\C(=C)C2=C(C=C(C3=CC=C(C4=NC(C(/C=C/c5cccnc5)=C/C=C)=CC(c5ccc(-c6ccccc6)cc5)N4)CC3)CC2)C(C=C)C1C=C. The highest BCUT2D eigenvalue weighted by Crippen LogP contribution is 2.48. The Morgan fingerprint density at radius 1 is 0.759 bits per heavy atom. The van der Waals surface area contributed by atoms with E-state index in [0.717, 1.165) is 53.9 Å². The first kappa shape index (κ1) is 36.1. The predicted molar refractivity (Wildman–Crippen MR) is 229 cm³/mol. The molecule has 3 nitrogen and oxygen atoms in total. The zero-order chi connectivity index (χ0) is 37.4. The first-order valence-electron chi connectivity index (χ1n) is 18.8. The Bertz CT molecular complexity index is 2260. The second-order valence-corrected chi connectivity index (χ2v) is 13.9. The van der Waals surface area contributed by atoms with Crippen LogP contribution in [0.15, 0.2) is 234 Å². The van der Waals surface area contributed by atoms with Crippen molar-refractivity contribution in [2.45, 2.75) is 31.7 Å². The summed E-state index contributed by atoms with van der Waals surface area (Å²) in [6.07, 6.45) is 32.7. The van der Waals surface area contributed by atoms with Gasteiger partial charge in [-0.1, -0.05) is 147 Å². The standard InChI is InChI=1S/C51H47N3/c1-6-14-40(20-19-36-16-13-31-52-34-36)49-33-50(41-25-21-38(22-26-41)37-17-11-10-12-18-37)54-51(53-49)42-27-23-39(24-28-42)43-29-30-47-35(5)46(15-7-2)44(8-3)45(9-4)48(47)32-43/h6-23,25-27,31-34,44-45,50H,1-5,24,28-30H2,(H,53,54)/b20-19+,40-14+,46-15+. The molecule has 1 aliphatic heterocycles. The zero-order valence-electron chi connectivity index (χ0n) is 30.9. The molecule has 2 heterocycles. The minimum atomic E-state index is -0.0666. The second kappa shape index (κ2) is 16.6. The van der Waals surface area contributed by atoms with Crippen molar-refractivity contribution in [3.05, 3.63) is 240 Å². The molecule has 7 rings (SSSR count). The van der Waals surface area contributed by atoms with Crippen LogP contribution in [-0.4, -0.2) is 10.8 Å². The van der Waals surface area contributed by atoms with Crippen molar-refractivity contribution in [2.24, 2.45) is 16.8 Å². The van der Waals surface area contributed by atoms with Gasteiger partial charge < -0.3 is 5.32 Å². The van der Waals surface area contributed by atoms with Gasteiger partial charge in [0.2, 0.25) is 0 Å². The lowest BCUT2D eigenvalue weighted by molar-refractivity contribution is 0.591. The van der Waals surface area contributed by atoms with E-state index >= 15 is 0 Å². The van der Waals surface area contributed by atoms with Crippen LogP contribution in [0.3, 0.4) is 0 Å². The van der Waals surface area contributed by atoms with E-state index in [1.165, 1.54) is 50.1 Å². The lowest BCUT2D eigenvalue weighted by Gasteiger charge is -2.38. The van der Waals surface area contributed by atoms with Crippen LogP contribution in [0.25, 0.3) is 17.2 Å². The molecule has 0 bridgehead atoms. The molecule has 3 heteroatoms. The second-order valence-electron chi connectivity index (χ2n) is 13.9. The Labute approximate surface area is 321 Å². The molecule has 3 atom stereocenters. The van der Waals surface area contributed by atoms with Crippen LogP contribution in [0, 0.1) is 11.8 Å². The first-order valence-corrected chi connectivity index (χ1v) is 18.8. The number of nitrogens with one attached hydrogen (secondary N) is 1. The Morgan fingerprint density at radius 2 is 1.50 bits per heavy atom. The number of amidine groups is 1. The topological polar surface area (TPSA) is 37.3 Å². The van der Waals surface area contributed by atoms with Crippen LogP contribution < -0.4 is 5.32 Å². The Balaban J connectivity index is 1.21. The summed E-state index contributed by atoms with van der Waals surface area (Å²) < 4.78 is 0.